The number of aliphatic hydroxyl groups is 1. The highest BCUT2D eigenvalue weighted by Crippen LogP contribution is 2.32. The first kappa shape index (κ1) is 14.0. The summed E-state index contributed by atoms with van der Waals surface area (Å²) in [6.07, 6.45) is -3.42. The van der Waals surface area contributed by atoms with E-state index in [2.05, 4.69) is 15.3 Å². The fraction of sp³-hybridized carbons (Fsp3) is 0.455. The van der Waals surface area contributed by atoms with Crippen molar-refractivity contribution in [1.82, 2.24) is 9.97 Å². The second kappa shape index (κ2) is 4.61. The Hall–Kier alpha value is -1.41. The van der Waals surface area contributed by atoms with Gasteiger partial charge in [-0.1, -0.05) is 0 Å². The minimum Gasteiger partial charge on any atom is -0.379 e. The molecule has 0 aromatic carbocycles. The van der Waals surface area contributed by atoms with E-state index in [9.17, 15) is 18.3 Å². The Kier molecular flexibility index (Phi) is 3.40. The van der Waals surface area contributed by atoms with Crippen LogP contribution in [0.3, 0.4) is 0 Å². The van der Waals surface area contributed by atoms with Crippen LogP contribution in [0.4, 0.5) is 19.0 Å². The molecule has 0 radical (unpaired) electrons. The number of halogens is 3. The molecule has 104 valence electrons. The zero-order chi connectivity index (χ0) is 14.3. The van der Waals surface area contributed by atoms with Gasteiger partial charge in [0.25, 0.3) is 0 Å². The third-order valence-corrected chi connectivity index (χ3v) is 3.77. The number of alkyl halides is 3. The van der Waals surface area contributed by atoms with Crippen LogP contribution in [0.5, 0.6) is 0 Å². The van der Waals surface area contributed by atoms with E-state index in [1.807, 2.05) is 12.3 Å². The van der Waals surface area contributed by atoms with Gasteiger partial charge in [0.05, 0.1) is 11.9 Å². The molecule has 2 aromatic heterocycles. The van der Waals surface area contributed by atoms with E-state index in [1.165, 1.54) is 17.7 Å². The fourth-order valence-corrected chi connectivity index (χ4v) is 2.40. The van der Waals surface area contributed by atoms with Gasteiger partial charge in [0, 0.05) is 0 Å². The van der Waals surface area contributed by atoms with Crippen molar-refractivity contribution in [3.63, 3.8) is 0 Å². The molecule has 8 heteroatoms. The van der Waals surface area contributed by atoms with Crippen LogP contribution in [-0.2, 0) is 0 Å². The molecule has 4 nitrogen and oxygen atoms in total. The van der Waals surface area contributed by atoms with Crippen molar-refractivity contribution in [2.45, 2.75) is 25.6 Å². The molecule has 2 heterocycles. The molecule has 0 spiro atoms. The normalized spacial score (nSPS) is 15.5. The number of nitrogens with one attached hydrogen (secondary N) is 1. The summed E-state index contributed by atoms with van der Waals surface area (Å²) in [7, 11) is 0. The van der Waals surface area contributed by atoms with Crippen molar-refractivity contribution in [3.05, 3.63) is 17.3 Å². The molecule has 1 atom stereocenters. The highest BCUT2D eigenvalue weighted by Gasteiger charge is 2.49. The summed E-state index contributed by atoms with van der Waals surface area (Å²) in [6, 6.07) is 0. The number of anilines is 1. The minimum absolute atomic E-state index is 0.299. The first-order valence-electron chi connectivity index (χ1n) is 5.44. The van der Waals surface area contributed by atoms with Crippen molar-refractivity contribution >= 4 is 27.4 Å². The Morgan fingerprint density at radius 1 is 1.37 bits per heavy atom. The average Bonchev–Trinajstić information content (AvgIpc) is 2.68. The van der Waals surface area contributed by atoms with Gasteiger partial charge in [0.2, 0.25) is 0 Å². The van der Waals surface area contributed by atoms with Gasteiger partial charge < -0.3 is 10.4 Å². The maximum Gasteiger partial charge on any atom is 0.418 e. The number of hydrogen-bond donors (Lipinski definition) is 2. The second-order valence-electron chi connectivity index (χ2n) is 4.45. The third-order valence-electron chi connectivity index (χ3n) is 2.76. The molecule has 19 heavy (non-hydrogen) atoms. The number of aromatic nitrogens is 2. The first-order valence-corrected chi connectivity index (χ1v) is 6.32. The van der Waals surface area contributed by atoms with Crippen LogP contribution in [0.25, 0.3) is 10.2 Å². The number of aryl methyl sites for hydroxylation is 1. The summed E-state index contributed by atoms with van der Waals surface area (Å²) in [5.41, 5.74) is -1.93. The number of fused-ring (bicyclic) bond motifs is 1. The van der Waals surface area contributed by atoms with Crippen molar-refractivity contribution in [2.24, 2.45) is 0 Å². The molecule has 2 N–H and O–H groups in total. The smallest absolute Gasteiger partial charge is 0.379 e. The van der Waals surface area contributed by atoms with E-state index in [-0.39, 0.29) is 0 Å². The SMILES string of the molecule is Cc1csc2ncnc(NCC(C)(O)C(F)(F)F)c12. The number of rotatable bonds is 3. The maximum atomic E-state index is 12.5. The maximum absolute atomic E-state index is 12.5. The van der Waals surface area contributed by atoms with Crippen molar-refractivity contribution in [2.75, 3.05) is 11.9 Å². The van der Waals surface area contributed by atoms with E-state index in [0.717, 1.165) is 12.5 Å². The second-order valence-corrected chi connectivity index (χ2v) is 5.30. The summed E-state index contributed by atoms with van der Waals surface area (Å²) >= 11 is 1.39. The molecule has 0 bridgehead atoms. The molecular formula is C11H12F3N3OS. The number of nitrogens with zero attached hydrogens (tertiary/aromatic N) is 2. The predicted molar refractivity (Wildman–Crippen MR) is 67.3 cm³/mol. The third kappa shape index (κ3) is 2.64. The number of hydrogen-bond acceptors (Lipinski definition) is 5. The largest absolute Gasteiger partial charge is 0.418 e. The highest BCUT2D eigenvalue weighted by molar-refractivity contribution is 7.17. The van der Waals surface area contributed by atoms with Crippen LogP contribution in [0.1, 0.15) is 12.5 Å². The topological polar surface area (TPSA) is 58.0 Å². The van der Waals surface area contributed by atoms with Crippen LogP contribution in [0.2, 0.25) is 0 Å². The molecular weight excluding hydrogens is 279 g/mol. The fourth-order valence-electron chi connectivity index (χ4n) is 1.51. The van der Waals surface area contributed by atoms with Gasteiger partial charge >= 0.3 is 6.18 Å². The molecule has 0 fully saturated rings. The quantitative estimate of drug-likeness (QED) is 0.913. The lowest BCUT2D eigenvalue weighted by atomic mass is 10.1. The summed E-state index contributed by atoms with van der Waals surface area (Å²) in [4.78, 5) is 8.67. The summed E-state index contributed by atoms with van der Waals surface area (Å²) < 4.78 is 37.6. The molecule has 1 unspecified atom stereocenters. The minimum atomic E-state index is -4.70. The Morgan fingerprint density at radius 2 is 2.05 bits per heavy atom. The average molecular weight is 291 g/mol. The summed E-state index contributed by atoms with van der Waals surface area (Å²) in [5, 5.41) is 14.5. The molecule has 0 aliphatic rings. The summed E-state index contributed by atoms with van der Waals surface area (Å²) in [6.45, 7) is 1.88. The Morgan fingerprint density at radius 3 is 2.68 bits per heavy atom. The zero-order valence-electron chi connectivity index (χ0n) is 10.2. The first-order chi connectivity index (χ1) is 8.72. The predicted octanol–water partition coefficient (Wildman–Crippen LogP) is 2.72. The van der Waals surface area contributed by atoms with Crippen LogP contribution < -0.4 is 5.32 Å². The molecule has 0 saturated heterocycles. The molecule has 0 amide bonds. The zero-order valence-corrected chi connectivity index (χ0v) is 11.1. The van der Waals surface area contributed by atoms with Crippen LogP contribution in [0.15, 0.2) is 11.7 Å². The van der Waals surface area contributed by atoms with E-state index in [4.69, 9.17) is 0 Å². The summed E-state index contributed by atoms with van der Waals surface area (Å²) in [5.74, 6) is 0.299. The van der Waals surface area contributed by atoms with E-state index in [1.54, 1.807) is 0 Å². The van der Waals surface area contributed by atoms with Crippen LogP contribution in [0, 0.1) is 6.92 Å². The van der Waals surface area contributed by atoms with Crippen molar-refractivity contribution in [1.29, 1.82) is 0 Å². The van der Waals surface area contributed by atoms with E-state index < -0.39 is 18.3 Å². The lowest BCUT2D eigenvalue weighted by Crippen LogP contribution is -2.47. The van der Waals surface area contributed by atoms with Gasteiger partial charge in [-0.2, -0.15) is 13.2 Å². The Labute approximate surface area is 111 Å². The van der Waals surface area contributed by atoms with Gasteiger partial charge in [-0.05, 0) is 24.8 Å². The molecule has 2 aromatic rings. The van der Waals surface area contributed by atoms with Gasteiger partial charge in [-0.25, -0.2) is 9.97 Å². The monoisotopic (exact) mass is 291 g/mol. The van der Waals surface area contributed by atoms with Crippen molar-refractivity contribution < 1.29 is 18.3 Å². The molecule has 0 aliphatic carbocycles. The van der Waals surface area contributed by atoms with Crippen LogP contribution in [-0.4, -0.2) is 33.4 Å². The Bertz CT molecular complexity index is 594. The molecule has 0 aliphatic heterocycles. The van der Waals surface area contributed by atoms with Gasteiger partial charge in [0.1, 0.15) is 17.0 Å². The number of thiophene rings is 1. The van der Waals surface area contributed by atoms with Gasteiger partial charge in [-0.15, -0.1) is 11.3 Å². The highest BCUT2D eigenvalue weighted by atomic mass is 32.1. The van der Waals surface area contributed by atoms with Crippen molar-refractivity contribution in [3.8, 4) is 0 Å². The van der Waals surface area contributed by atoms with Gasteiger partial charge in [-0.3, -0.25) is 0 Å². The van der Waals surface area contributed by atoms with E-state index in [0.29, 0.717) is 16.0 Å². The Balaban J connectivity index is 2.26. The lowest BCUT2D eigenvalue weighted by Gasteiger charge is -2.26. The van der Waals surface area contributed by atoms with Gasteiger partial charge in [0.15, 0.2) is 5.60 Å². The van der Waals surface area contributed by atoms with E-state index >= 15 is 0 Å². The van der Waals surface area contributed by atoms with Crippen LogP contribution >= 0.6 is 11.3 Å². The molecule has 0 saturated carbocycles. The standard InChI is InChI=1S/C11H12F3N3OS/c1-6-3-19-9-7(6)8(16-5-17-9)15-4-10(2,18)11(12,13)14/h3,5,18H,4H2,1-2H3,(H,15,16,17). The molecule has 2 rings (SSSR count). The lowest BCUT2D eigenvalue weighted by molar-refractivity contribution is -0.246.